The Morgan fingerprint density at radius 2 is 1.64 bits per heavy atom. The van der Waals surface area contributed by atoms with Crippen LogP contribution >= 0.6 is 0 Å². The van der Waals surface area contributed by atoms with Gasteiger partial charge >= 0.3 is 0 Å². The highest BCUT2D eigenvalue weighted by Gasteiger charge is 2.32. The van der Waals surface area contributed by atoms with E-state index in [0.29, 0.717) is 0 Å². The molecule has 4 heteroatoms. The topological polar surface area (TPSA) is 46.2 Å². The molecule has 0 aliphatic heterocycles. The summed E-state index contributed by atoms with van der Waals surface area (Å²) in [5, 5.41) is 0. The summed E-state index contributed by atoms with van der Waals surface area (Å²) in [6.45, 7) is 0. The first-order valence-corrected chi connectivity index (χ1v) is 7.39. The molecule has 2 unspecified atom stereocenters. The van der Waals surface area contributed by atoms with Gasteiger partial charge in [-0.25, -0.2) is 13.1 Å². The molecule has 2 fully saturated rings. The smallest absolute Gasteiger partial charge is 0.208 e. The molecule has 1 N–H and O–H groups in total. The largest absolute Gasteiger partial charge is 0.213 e. The highest BCUT2D eigenvalue weighted by molar-refractivity contribution is 7.88. The van der Waals surface area contributed by atoms with E-state index in [1.807, 2.05) is 0 Å². The molecule has 0 spiro atoms. The van der Waals surface area contributed by atoms with Gasteiger partial charge in [0.05, 0.1) is 6.26 Å². The van der Waals surface area contributed by atoms with Crippen LogP contribution in [0.2, 0.25) is 0 Å². The van der Waals surface area contributed by atoms with E-state index in [1.165, 1.54) is 31.9 Å². The van der Waals surface area contributed by atoms with Gasteiger partial charge in [0.25, 0.3) is 0 Å². The van der Waals surface area contributed by atoms with Crippen molar-refractivity contribution in [3.05, 3.63) is 0 Å². The molecular weight excluding hydrogens is 198 g/mol. The maximum atomic E-state index is 11.1. The highest BCUT2D eigenvalue weighted by atomic mass is 32.2. The monoisotopic (exact) mass is 217 g/mol. The van der Waals surface area contributed by atoms with Crippen molar-refractivity contribution in [3.8, 4) is 0 Å². The Hall–Kier alpha value is -0.0900. The fraction of sp³-hybridized carbons (Fsp3) is 1.00. The number of nitrogens with one attached hydrogen (secondary N) is 1. The minimum absolute atomic E-state index is 0.217. The van der Waals surface area contributed by atoms with Crippen molar-refractivity contribution in [1.29, 1.82) is 0 Å². The van der Waals surface area contributed by atoms with Gasteiger partial charge in [-0.15, -0.1) is 0 Å². The molecular formula is C10H19NO2S. The Kier molecular flexibility index (Phi) is 2.84. The van der Waals surface area contributed by atoms with Crippen molar-refractivity contribution in [2.45, 2.75) is 44.6 Å². The van der Waals surface area contributed by atoms with Crippen molar-refractivity contribution in [2.75, 3.05) is 6.26 Å². The third-order valence-electron chi connectivity index (χ3n) is 3.51. The second kappa shape index (κ2) is 3.81. The Labute approximate surface area is 86.3 Å². The average Bonchev–Trinajstić information content (AvgIpc) is 1.99. The van der Waals surface area contributed by atoms with Crippen LogP contribution in [-0.2, 0) is 10.0 Å². The minimum atomic E-state index is -3.00. The summed E-state index contributed by atoms with van der Waals surface area (Å²) in [5.74, 6) is 1.56. The molecule has 0 saturated heterocycles. The zero-order valence-corrected chi connectivity index (χ0v) is 9.52. The van der Waals surface area contributed by atoms with Crippen LogP contribution in [0.4, 0.5) is 0 Å². The summed E-state index contributed by atoms with van der Waals surface area (Å²) in [7, 11) is -3.00. The third-order valence-corrected chi connectivity index (χ3v) is 4.27. The molecule has 2 bridgehead atoms. The molecule has 0 amide bonds. The van der Waals surface area contributed by atoms with Crippen molar-refractivity contribution < 1.29 is 8.42 Å². The molecule has 3 nitrogen and oxygen atoms in total. The number of hydrogen-bond donors (Lipinski definition) is 1. The summed E-state index contributed by atoms with van der Waals surface area (Å²) < 4.78 is 25.0. The van der Waals surface area contributed by atoms with E-state index in [2.05, 4.69) is 4.72 Å². The Bertz CT molecular complexity index is 287. The maximum Gasteiger partial charge on any atom is 0.208 e. The molecule has 82 valence electrons. The lowest BCUT2D eigenvalue weighted by Gasteiger charge is -2.38. The summed E-state index contributed by atoms with van der Waals surface area (Å²) >= 11 is 0. The summed E-state index contributed by atoms with van der Waals surface area (Å²) in [5.41, 5.74) is 0. The lowest BCUT2D eigenvalue weighted by atomic mass is 9.71. The standard InChI is InChI=1S/C10H19NO2S/c1-14(12,13)11-10-6-8-3-2-4-9(5-8)7-10/h8-11H,2-7H2,1H3. The SMILES string of the molecule is CS(=O)(=O)NC1CC2CCCC(C2)C1. The van der Waals surface area contributed by atoms with Crippen LogP contribution < -0.4 is 4.72 Å². The highest BCUT2D eigenvalue weighted by Crippen LogP contribution is 2.39. The van der Waals surface area contributed by atoms with Gasteiger partial charge in [-0.2, -0.15) is 0 Å². The first kappa shape index (κ1) is 10.4. The summed E-state index contributed by atoms with van der Waals surface area (Å²) in [6, 6.07) is 0.217. The molecule has 0 radical (unpaired) electrons. The lowest BCUT2D eigenvalue weighted by molar-refractivity contribution is 0.165. The van der Waals surface area contributed by atoms with E-state index in [-0.39, 0.29) is 6.04 Å². The van der Waals surface area contributed by atoms with Crippen molar-refractivity contribution >= 4 is 10.0 Å². The number of hydrogen-bond acceptors (Lipinski definition) is 2. The van der Waals surface area contributed by atoms with Crippen LogP contribution in [-0.4, -0.2) is 20.7 Å². The van der Waals surface area contributed by atoms with Crippen LogP contribution in [0.1, 0.15) is 38.5 Å². The predicted molar refractivity (Wildman–Crippen MR) is 56.4 cm³/mol. The fourth-order valence-electron chi connectivity index (χ4n) is 3.13. The molecule has 0 heterocycles. The molecule has 14 heavy (non-hydrogen) atoms. The maximum absolute atomic E-state index is 11.1. The number of rotatable bonds is 2. The van der Waals surface area contributed by atoms with Gasteiger partial charge in [0.2, 0.25) is 10.0 Å². The molecule has 2 rings (SSSR count). The number of sulfonamides is 1. The normalized spacial score (nSPS) is 38.2. The van der Waals surface area contributed by atoms with Crippen molar-refractivity contribution in [2.24, 2.45) is 11.8 Å². The van der Waals surface area contributed by atoms with E-state index in [1.54, 1.807) is 0 Å². The molecule has 0 aromatic rings. The van der Waals surface area contributed by atoms with Crippen LogP contribution in [0, 0.1) is 11.8 Å². The number of fused-ring (bicyclic) bond motifs is 2. The van der Waals surface area contributed by atoms with E-state index in [4.69, 9.17) is 0 Å². The molecule has 0 aromatic carbocycles. The van der Waals surface area contributed by atoms with Crippen molar-refractivity contribution in [1.82, 2.24) is 4.72 Å². The first-order chi connectivity index (χ1) is 6.53. The Balaban J connectivity index is 1.96. The van der Waals surface area contributed by atoms with Crippen LogP contribution in [0.3, 0.4) is 0 Å². The van der Waals surface area contributed by atoms with Crippen molar-refractivity contribution in [3.63, 3.8) is 0 Å². The Morgan fingerprint density at radius 1 is 1.07 bits per heavy atom. The van der Waals surface area contributed by atoms with Gasteiger partial charge in [-0.05, 0) is 31.1 Å². The van der Waals surface area contributed by atoms with Gasteiger partial charge in [0, 0.05) is 6.04 Å². The molecule has 0 aromatic heterocycles. The van der Waals surface area contributed by atoms with E-state index < -0.39 is 10.0 Å². The first-order valence-electron chi connectivity index (χ1n) is 5.50. The summed E-state index contributed by atoms with van der Waals surface area (Å²) in [4.78, 5) is 0. The molecule has 2 aliphatic carbocycles. The Morgan fingerprint density at radius 3 is 2.14 bits per heavy atom. The second-order valence-corrected chi connectivity index (χ2v) is 6.74. The average molecular weight is 217 g/mol. The van der Waals surface area contributed by atoms with E-state index in [0.717, 1.165) is 24.7 Å². The van der Waals surface area contributed by atoms with Gasteiger partial charge in [0.1, 0.15) is 0 Å². The van der Waals surface area contributed by atoms with Crippen LogP contribution in [0.15, 0.2) is 0 Å². The quantitative estimate of drug-likeness (QED) is 0.762. The lowest BCUT2D eigenvalue weighted by Crippen LogP contribution is -2.41. The van der Waals surface area contributed by atoms with Gasteiger partial charge in [-0.1, -0.05) is 19.3 Å². The van der Waals surface area contributed by atoms with Gasteiger partial charge < -0.3 is 0 Å². The zero-order valence-electron chi connectivity index (χ0n) is 8.70. The minimum Gasteiger partial charge on any atom is -0.213 e. The van der Waals surface area contributed by atoms with Gasteiger partial charge in [-0.3, -0.25) is 0 Å². The summed E-state index contributed by atoms with van der Waals surface area (Å²) in [6.07, 6.45) is 8.67. The van der Waals surface area contributed by atoms with Crippen LogP contribution in [0.5, 0.6) is 0 Å². The van der Waals surface area contributed by atoms with E-state index in [9.17, 15) is 8.42 Å². The zero-order chi connectivity index (χ0) is 10.2. The van der Waals surface area contributed by atoms with Crippen LogP contribution in [0.25, 0.3) is 0 Å². The fourth-order valence-corrected chi connectivity index (χ4v) is 3.93. The predicted octanol–water partition coefficient (Wildman–Crippen LogP) is 1.50. The molecule has 2 atom stereocenters. The molecule has 2 saturated carbocycles. The van der Waals surface area contributed by atoms with Gasteiger partial charge in [0.15, 0.2) is 0 Å². The third kappa shape index (κ3) is 2.70. The second-order valence-electron chi connectivity index (χ2n) is 4.96. The van der Waals surface area contributed by atoms with E-state index >= 15 is 0 Å². The molecule has 2 aliphatic rings.